The van der Waals surface area contributed by atoms with E-state index in [1.807, 2.05) is 6.92 Å². The molecule has 0 bridgehead atoms. The molecule has 0 spiro atoms. The van der Waals surface area contributed by atoms with Gasteiger partial charge in [0.2, 0.25) is 10.0 Å². The van der Waals surface area contributed by atoms with Gasteiger partial charge >= 0.3 is 5.97 Å². The molecule has 0 amide bonds. The highest BCUT2D eigenvalue weighted by atomic mass is 32.2. The maximum Gasteiger partial charge on any atom is 0.307 e. The zero-order valence-corrected chi connectivity index (χ0v) is 15.0. The number of unbranched alkanes of at least 4 members (excludes halogenated alkanes) is 2. The zero-order valence-electron chi connectivity index (χ0n) is 14.2. The Morgan fingerprint density at radius 1 is 1.17 bits per heavy atom. The van der Waals surface area contributed by atoms with Crippen molar-refractivity contribution in [2.45, 2.75) is 63.8 Å². The van der Waals surface area contributed by atoms with Crippen LogP contribution in [-0.2, 0) is 19.6 Å². The smallest absolute Gasteiger partial charge is 0.307 e. The Labute approximate surface area is 139 Å². The molecule has 0 aliphatic carbocycles. The Morgan fingerprint density at radius 3 is 2.39 bits per heavy atom. The van der Waals surface area contributed by atoms with Gasteiger partial charge in [0.05, 0.1) is 17.9 Å². The van der Waals surface area contributed by atoms with Crippen molar-refractivity contribution >= 4 is 16.0 Å². The van der Waals surface area contributed by atoms with Crippen molar-refractivity contribution in [3.63, 3.8) is 0 Å². The summed E-state index contributed by atoms with van der Waals surface area (Å²) in [7, 11) is -3.63. The van der Waals surface area contributed by atoms with E-state index in [4.69, 9.17) is 4.74 Å². The fourth-order valence-corrected chi connectivity index (χ4v) is 3.54. The van der Waals surface area contributed by atoms with E-state index in [-0.39, 0.29) is 17.3 Å². The summed E-state index contributed by atoms with van der Waals surface area (Å²) in [6.07, 6.45) is 3.60. The van der Waals surface area contributed by atoms with Gasteiger partial charge in [0.1, 0.15) is 0 Å². The minimum atomic E-state index is -3.63. The Hall–Kier alpha value is -1.40. The van der Waals surface area contributed by atoms with Crippen molar-refractivity contribution in [1.29, 1.82) is 0 Å². The summed E-state index contributed by atoms with van der Waals surface area (Å²) < 4.78 is 32.5. The van der Waals surface area contributed by atoms with Gasteiger partial charge in [0.25, 0.3) is 0 Å². The van der Waals surface area contributed by atoms with E-state index in [0.29, 0.717) is 13.0 Å². The van der Waals surface area contributed by atoms with Gasteiger partial charge in [-0.1, -0.05) is 43.9 Å². The summed E-state index contributed by atoms with van der Waals surface area (Å²) in [6.45, 7) is 6.01. The van der Waals surface area contributed by atoms with Crippen LogP contribution in [0.3, 0.4) is 0 Å². The lowest BCUT2D eigenvalue weighted by atomic mass is 10.1. The van der Waals surface area contributed by atoms with Crippen LogP contribution in [0, 0.1) is 6.92 Å². The molecular weight excluding hydrogens is 314 g/mol. The average molecular weight is 341 g/mol. The number of rotatable bonds is 10. The summed E-state index contributed by atoms with van der Waals surface area (Å²) in [6, 6.07) is 6.22. The second-order valence-electron chi connectivity index (χ2n) is 5.64. The van der Waals surface area contributed by atoms with E-state index in [1.165, 1.54) is 0 Å². The molecule has 0 unspecified atom stereocenters. The van der Waals surface area contributed by atoms with Crippen molar-refractivity contribution in [3.8, 4) is 0 Å². The van der Waals surface area contributed by atoms with Gasteiger partial charge in [-0.15, -0.1) is 0 Å². The minimum Gasteiger partial charge on any atom is -0.466 e. The maximum absolute atomic E-state index is 12.5. The standard InChI is InChI=1S/C17H27NO4S/c1-4-6-7-8-15(13-17(19)22-5-2)18-23(20,21)16-11-9-14(3)10-12-16/h9-12,15,18H,4-8,13H2,1-3H3/t15-/m1/s1. The molecule has 0 heterocycles. The van der Waals surface area contributed by atoms with Crippen LogP contribution in [0.1, 0.15) is 51.5 Å². The van der Waals surface area contributed by atoms with Crippen molar-refractivity contribution in [1.82, 2.24) is 4.72 Å². The molecule has 23 heavy (non-hydrogen) atoms. The zero-order chi connectivity index (χ0) is 17.3. The van der Waals surface area contributed by atoms with E-state index in [0.717, 1.165) is 24.8 Å². The fourth-order valence-electron chi connectivity index (χ4n) is 2.27. The predicted octanol–water partition coefficient (Wildman–Crippen LogP) is 3.18. The van der Waals surface area contributed by atoms with Crippen LogP contribution in [0.25, 0.3) is 0 Å². The summed E-state index contributed by atoms with van der Waals surface area (Å²) >= 11 is 0. The van der Waals surface area contributed by atoms with E-state index in [9.17, 15) is 13.2 Å². The molecule has 5 nitrogen and oxygen atoms in total. The number of hydrogen-bond acceptors (Lipinski definition) is 4. The molecule has 1 N–H and O–H groups in total. The highest BCUT2D eigenvalue weighted by Crippen LogP contribution is 2.14. The second-order valence-corrected chi connectivity index (χ2v) is 7.35. The molecule has 0 saturated heterocycles. The van der Waals surface area contributed by atoms with Crippen molar-refractivity contribution in [2.24, 2.45) is 0 Å². The van der Waals surface area contributed by atoms with Crippen LogP contribution < -0.4 is 4.72 Å². The molecular formula is C17H27NO4S. The van der Waals surface area contributed by atoms with Crippen LogP contribution in [0.4, 0.5) is 0 Å². The lowest BCUT2D eigenvalue weighted by Gasteiger charge is -2.18. The Morgan fingerprint density at radius 2 is 1.83 bits per heavy atom. The largest absolute Gasteiger partial charge is 0.466 e. The van der Waals surface area contributed by atoms with Crippen LogP contribution in [0.2, 0.25) is 0 Å². The van der Waals surface area contributed by atoms with E-state index in [2.05, 4.69) is 11.6 Å². The number of nitrogens with one attached hydrogen (secondary N) is 1. The summed E-state index contributed by atoms with van der Waals surface area (Å²) in [4.78, 5) is 11.9. The number of esters is 1. The number of carbonyl (C=O) groups is 1. The van der Waals surface area contributed by atoms with Crippen LogP contribution in [0.5, 0.6) is 0 Å². The monoisotopic (exact) mass is 341 g/mol. The number of hydrogen-bond donors (Lipinski definition) is 1. The van der Waals surface area contributed by atoms with Gasteiger partial charge in [-0.3, -0.25) is 4.79 Å². The quantitative estimate of drug-likeness (QED) is 0.524. The SMILES string of the molecule is CCCCC[C@H](CC(=O)OCC)NS(=O)(=O)c1ccc(C)cc1. The molecule has 1 aromatic carbocycles. The van der Waals surface area contributed by atoms with Crippen molar-refractivity contribution in [2.75, 3.05) is 6.61 Å². The topological polar surface area (TPSA) is 72.5 Å². The molecule has 0 aliphatic heterocycles. The maximum atomic E-state index is 12.5. The number of sulfonamides is 1. The van der Waals surface area contributed by atoms with Crippen LogP contribution >= 0.6 is 0 Å². The summed E-state index contributed by atoms with van der Waals surface area (Å²) in [5.41, 5.74) is 0.995. The molecule has 6 heteroatoms. The Kier molecular flexibility index (Phi) is 8.26. The van der Waals surface area contributed by atoms with E-state index < -0.39 is 16.1 Å². The summed E-state index contributed by atoms with van der Waals surface area (Å²) in [5.74, 6) is -0.374. The third-order valence-electron chi connectivity index (χ3n) is 3.53. The molecule has 0 fully saturated rings. The lowest BCUT2D eigenvalue weighted by Crippen LogP contribution is -2.36. The van der Waals surface area contributed by atoms with Gasteiger partial charge < -0.3 is 4.74 Å². The van der Waals surface area contributed by atoms with Crippen molar-refractivity contribution < 1.29 is 17.9 Å². The number of benzene rings is 1. The van der Waals surface area contributed by atoms with Gasteiger partial charge in [-0.2, -0.15) is 0 Å². The molecule has 1 aromatic rings. The first-order valence-corrected chi connectivity index (χ1v) is 9.62. The normalized spacial score (nSPS) is 12.8. The van der Waals surface area contributed by atoms with E-state index >= 15 is 0 Å². The Bertz CT molecular complexity index is 581. The van der Waals surface area contributed by atoms with Crippen molar-refractivity contribution in [3.05, 3.63) is 29.8 Å². The van der Waals surface area contributed by atoms with Gasteiger partial charge in [0, 0.05) is 6.04 Å². The number of ether oxygens (including phenoxy) is 1. The molecule has 1 rings (SSSR count). The third kappa shape index (κ3) is 7.14. The highest BCUT2D eigenvalue weighted by Gasteiger charge is 2.22. The first kappa shape index (κ1) is 19.6. The van der Waals surface area contributed by atoms with Gasteiger partial charge in [0.15, 0.2) is 0 Å². The molecule has 0 saturated carbocycles. The lowest BCUT2D eigenvalue weighted by molar-refractivity contribution is -0.143. The molecule has 0 aliphatic rings. The minimum absolute atomic E-state index is 0.0582. The van der Waals surface area contributed by atoms with Crippen LogP contribution in [0.15, 0.2) is 29.2 Å². The van der Waals surface area contributed by atoms with Crippen LogP contribution in [-0.4, -0.2) is 27.0 Å². The first-order chi connectivity index (χ1) is 10.9. The van der Waals surface area contributed by atoms with Gasteiger partial charge in [-0.25, -0.2) is 13.1 Å². The second kappa shape index (κ2) is 9.67. The first-order valence-electron chi connectivity index (χ1n) is 8.13. The molecule has 0 aromatic heterocycles. The Balaban J connectivity index is 2.80. The van der Waals surface area contributed by atoms with E-state index in [1.54, 1.807) is 31.2 Å². The third-order valence-corrected chi connectivity index (χ3v) is 5.06. The average Bonchev–Trinajstić information content (AvgIpc) is 2.47. The molecule has 1 atom stereocenters. The predicted molar refractivity (Wildman–Crippen MR) is 90.7 cm³/mol. The molecule has 130 valence electrons. The highest BCUT2D eigenvalue weighted by molar-refractivity contribution is 7.89. The molecule has 0 radical (unpaired) electrons. The number of aryl methyl sites for hydroxylation is 1. The fraction of sp³-hybridized carbons (Fsp3) is 0.588. The van der Waals surface area contributed by atoms with Gasteiger partial charge in [-0.05, 0) is 32.4 Å². The summed E-state index contributed by atoms with van der Waals surface area (Å²) in [5, 5.41) is 0. The number of carbonyl (C=O) groups excluding carboxylic acids is 1.